The smallest absolute Gasteiger partial charge is 0.336 e. The zero-order valence-electron chi connectivity index (χ0n) is 13.3. The lowest BCUT2D eigenvalue weighted by atomic mass is 10.0. The molecule has 0 saturated heterocycles. The van der Waals surface area contributed by atoms with Crippen molar-refractivity contribution in [1.82, 2.24) is 0 Å². The molecule has 120 valence electrons. The van der Waals surface area contributed by atoms with Crippen LogP contribution in [0.15, 0.2) is 42.5 Å². The van der Waals surface area contributed by atoms with Gasteiger partial charge in [0.05, 0.1) is 11.7 Å². The summed E-state index contributed by atoms with van der Waals surface area (Å²) in [6.07, 6.45) is 1.68. The molecular weight excluding hydrogens is 312 g/mol. The molecule has 4 heteroatoms. The van der Waals surface area contributed by atoms with Crippen molar-refractivity contribution >= 4 is 29.2 Å². The van der Waals surface area contributed by atoms with Crippen LogP contribution >= 0.6 is 11.6 Å². The van der Waals surface area contributed by atoms with Crippen LogP contribution in [-0.4, -0.2) is 17.2 Å². The summed E-state index contributed by atoms with van der Waals surface area (Å²) >= 11 is 6.11. The third-order valence-electron chi connectivity index (χ3n) is 3.25. The van der Waals surface area contributed by atoms with E-state index in [-0.39, 0.29) is 11.7 Å². The molecule has 2 aromatic carbocycles. The van der Waals surface area contributed by atoms with Crippen molar-refractivity contribution < 1.29 is 14.6 Å². The lowest BCUT2D eigenvalue weighted by Gasteiger charge is -2.10. The summed E-state index contributed by atoms with van der Waals surface area (Å²) in [6, 6.07) is 12.6. The van der Waals surface area contributed by atoms with Gasteiger partial charge in [0.25, 0.3) is 0 Å². The number of hydrogen-bond donors (Lipinski definition) is 1. The second kappa shape index (κ2) is 7.34. The zero-order valence-corrected chi connectivity index (χ0v) is 14.1. The topological polar surface area (TPSA) is 46.5 Å². The Morgan fingerprint density at radius 1 is 1.22 bits per heavy atom. The summed E-state index contributed by atoms with van der Waals surface area (Å²) < 4.78 is 5.64. The van der Waals surface area contributed by atoms with Gasteiger partial charge in [-0.1, -0.05) is 35.9 Å². The van der Waals surface area contributed by atoms with Gasteiger partial charge in [-0.15, -0.1) is 0 Å². The van der Waals surface area contributed by atoms with Gasteiger partial charge in [-0.3, -0.25) is 0 Å². The van der Waals surface area contributed by atoms with Crippen LogP contribution in [-0.2, 0) is 4.79 Å². The Morgan fingerprint density at radius 2 is 1.96 bits per heavy atom. The van der Waals surface area contributed by atoms with Crippen LogP contribution in [0.1, 0.15) is 30.5 Å². The predicted octanol–water partition coefficient (Wildman–Crippen LogP) is 5.06. The van der Waals surface area contributed by atoms with Crippen molar-refractivity contribution in [1.29, 1.82) is 0 Å². The van der Waals surface area contributed by atoms with Crippen molar-refractivity contribution in [2.24, 2.45) is 0 Å². The fourth-order valence-electron chi connectivity index (χ4n) is 2.15. The van der Waals surface area contributed by atoms with Crippen molar-refractivity contribution in [2.45, 2.75) is 26.9 Å². The van der Waals surface area contributed by atoms with Gasteiger partial charge >= 0.3 is 5.97 Å². The fraction of sp³-hybridized carbons (Fsp3) is 0.211. The third kappa shape index (κ3) is 4.60. The van der Waals surface area contributed by atoms with Crippen LogP contribution in [0.3, 0.4) is 0 Å². The second-order valence-corrected chi connectivity index (χ2v) is 5.97. The molecule has 3 nitrogen and oxygen atoms in total. The number of ether oxygens (including phenoxy) is 1. The predicted molar refractivity (Wildman–Crippen MR) is 93.9 cm³/mol. The SMILES string of the molecule is Cc1ccc(/C(=C/c2cccc(OC(C)C)c2)C(=O)O)cc1Cl. The van der Waals surface area contributed by atoms with Gasteiger partial charge in [0.2, 0.25) is 0 Å². The largest absolute Gasteiger partial charge is 0.491 e. The highest BCUT2D eigenvalue weighted by Gasteiger charge is 2.12. The molecule has 0 aliphatic heterocycles. The Morgan fingerprint density at radius 3 is 2.57 bits per heavy atom. The molecule has 2 aromatic rings. The van der Waals surface area contributed by atoms with Gasteiger partial charge in [-0.25, -0.2) is 4.79 Å². The highest BCUT2D eigenvalue weighted by atomic mass is 35.5. The summed E-state index contributed by atoms with van der Waals surface area (Å²) in [5.41, 5.74) is 2.43. The van der Waals surface area contributed by atoms with E-state index in [2.05, 4.69) is 0 Å². The molecule has 23 heavy (non-hydrogen) atoms. The molecule has 2 rings (SSSR count). The Hall–Kier alpha value is -2.26. The van der Waals surface area contributed by atoms with Crippen LogP contribution in [0.5, 0.6) is 5.75 Å². The van der Waals surface area contributed by atoms with Gasteiger partial charge < -0.3 is 9.84 Å². The van der Waals surface area contributed by atoms with Gasteiger partial charge in [0.1, 0.15) is 5.75 Å². The van der Waals surface area contributed by atoms with Gasteiger partial charge in [-0.05, 0) is 61.7 Å². The first-order valence-electron chi connectivity index (χ1n) is 7.35. The highest BCUT2D eigenvalue weighted by Crippen LogP contribution is 2.25. The average Bonchev–Trinajstić information content (AvgIpc) is 2.47. The second-order valence-electron chi connectivity index (χ2n) is 5.57. The molecule has 0 radical (unpaired) electrons. The van der Waals surface area contributed by atoms with Crippen LogP contribution in [0.2, 0.25) is 5.02 Å². The van der Waals surface area contributed by atoms with Crippen LogP contribution in [0, 0.1) is 6.92 Å². The minimum atomic E-state index is -1.000. The number of aryl methyl sites for hydroxylation is 1. The van der Waals surface area contributed by atoms with E-state index < -0.39 is 5.97 Å². The summed E-state index contributed by atoms with van der Waals surface area (Å²) in [5, 5.41) is 10.1. The molecule has 0 aromatic heterocycles. The lowest BCUT2D eigenvalue weighted by Crippen LogP contribution is -2.05. The number of hydrogen-bond acceptors (Lipinski definition) is 2. The van der Waals surface area contributed by atoms with Gasteiger partial charge in [-0.2, -0.15) is 0 Å². The van der Waals surface area contributed by atoms with E-state index in [0.717, 1.165) is 11.1 Å². The normalized spacial score (nSPS) is 11.6. The maximum absolute atomic E-state index is 11.6. The average molecular weight is 331 g/mol. The molecule has 0 heterocycles. The first-order valence-corrected chi connectivity index (χ1v) is 7.73. The van der Waals surface area contributed by atoms with Crippen molar-refractivity contribution in [3.05, 3.63) is 64.2 Å². The fourth-order valence-corrected chi connectivity index (χ4v) is 2.33. The molecule has 0 saturated carbocycles. The number of carboxylic acid groups (broad SMARTS) is 1. The van der Waals surface area contributed by atoms with Crippen LogP contribution < -0.4 is 4.74 Å². The van der Waals surface area contributed by atoms with E-state index in [1.807, 2.05) is 51.1 Å². The molecule has 1 N–H and O–H groups in total. The zero-order chi connectivity index (χ0) is 17.0. The standard InChI is InChI=1S/C19H19ClO3/c1-12(2)23-16-6-4-5-14(9-16)10-17(19(21)22)15-8-7-13(3)18(20)11-15/h4-12H,1-3H3,(H,21,22)/b17-10-. The molecule has 0 aliphatic rings. The minimum Gasteiger partial charge on any atom is -0.491 e. The molecule has 0 bridgehead atoms. The Labute approximate surface area is 141 Å². The number of aliphatic carboxylic acids is 1. The Kier molecular flexibility index (Phi) is 5.45. The number of benzene rings is 2. The summed E-state index contributed by atoms with van der Waals surface area (Å²) in [5.74, 6) is -0.291. The summed E-state index contributed by atoms with van der Waals surface area (Å²) in [6.45, 7) is 5.77. The quantitative estimate of drug-likeness (QED) is 0.615. The number of carboxylic acids is 1. The molecule has 0 aliphatic carbocycles. The maximum Gasteiger partial charge on any atom is 0.336 e. The van der Waals surface area contributed by atoms with Gasteiger partial charge in [0.15, 0.2) is 0 Å². The Balaban J connectivity index is 2.43. The number of halogens is 1. The van der Waals surface area contributed by atoms with Crippen LogP contribution in [0.25, 0.3) is 11.6 Å². The van der Waals surface area contributed by atoms with E-state index in [4.69, 9.17) is 16.3 Å². The molecule has 0 spiro atoms. The third-order valence-corrected chi connectivity index (χ3v) is 3.66. The molecule has 0 unspecified atom stereocenters. The lowest BCUT2D eigenvalue weighted by molar-refractivity contribution is -0.130. The Bertz CT molecular complexity index is 748. The first-order chi connectivity index (χ1) is 10.9. The minimum absolute atomic E-state index is 0.0593. The monoisotopic (exact) mass is 330 g/mol. The van der Waals surface area contributed by atoms with E-state index in [1.54, 1.807) is 18.2 Å². The number of rotatable bonds is 5. The maximum atomic E-state index is 11.6. The molecular formula is C19H19ClO3. The van der Waals surface area contributed by atoms with E-state index >= 15 is 0 Å². The first kappa shape index (κ1) is 17.1. The van der Waals surface area contributed by atoms with E-state index in [1.165, 1.54) is 0 Å². The molecule has 0 amide bonds. The molecule has 0 atom stereocenters. The van der Waals surface area contributed by atoms with Crippen molar-refractivity contribution in [3.63, 3.8) is 0 Å². The summed E-state index contributed by atoms with van der Waals surface area (Å²) in [4.78, 5) is 11.6. The highest BCUT2D eigenvalue weighted by molar-refractivity contribution is 6.32. The van der Waals surface area contributed by atoms with E-state index in [0.29, 0.717) is 16.3 Å². The molecule has 0 fully saturated rings. The number of carbonyl (C=O) groups is 1. The van der Waals surface area contributed by atoms with Crippen molar-refractivity contribution in [2.75, 3.05) is 0 Å². The van der Waals surface area contributed by atoms with Gasteiger partial charge in [0, 0.05) is 5.02 Å². The summed E-state index contributed by atoms with van der Waals surface area (Å²) in [7, 11) is 0. The van der Waals surface area contributed by atoms with Crippen molar-refractivity contribution in [3.8, 4) is 5.75 Å². The van der Waals surface area contributed by atoms with Crippen LogP contribution in [0.4, 0.5) is 0 Å². The van der Waals surface area contributed by atoms with E-state index in [9.17, 15) is 9.90 Å².